The minimum Gasteiger partial charge on any atom is -0.495 e. The minimum absolute atomic E-state index is 0.0140. The highest BCUT2D eigenvalue weighted by Crippen LogP contribution is 2.29. The highest BCUT2D eigenvalue weighted by Gasteiger charge is 2.38. The van der Waals surface area contributed by atoms with Gasteiger partial charge >= 0.3 is 12.1 Å². The van der Waals surface area contributed by atoms with E-state index in [1.54, 1.807) is 35.2 Å². The molecule has 0 bridgehead atoms. The third-order valence-corrected chi connectivity index (χ3v) is 5.68. The van der Waals surface area contributed by atoms with E-state index in [9.17, 15) is 22.8 Å². The Kier molecular flexibility index (Phi) is 6.76. The van der Waals surface area contributed by atoms with Crippen LogP contribution in [0.5, 0.6) is 5.75 Å². The average Bonchev–Trinajstić information content (AvgIpc) is 3.28. The maximum absolute atomic E-state index is 13.1. The lowest BCUT2D eigenvalue weighted by atomic mass is 9.97. The number of aromatic nitrogens is 4. The van der Waals surface area contributed by atoms with Gasteiger partial charge in [-0.25, -0.2) is 0 Å². The number of piperidine rings is 1. The number of hydrogen-bond acceptors (Lipinski definition) is 8. The number of methoxy groups -OCH3 is 1. The van der Waals surface area contributed by atoms with E-state index >= 15 is 0 Å². The van der Waals surface area contributed by atoms with E-state index in [0.717, 1.165) is 0 Å². The molecule has 2 aromatic heterocycles. The molecule has 0 radical (unpaired) electrons. The van der Waals surface area contributed by atoms with Crippen LogP contribution in [0.2, 0.25) is 0 Å². The lowest BCUT2D eigenvalue weighted by Crippen LogP contribution is -2.39. The first kappa shape index (κ1) is 24.2. The number of alkyl halides is 3. The molecule has 1 fully saturated rings. The summed E-state index contributed by atoms with van der Waals surface area (Å²) >= 11 is 0. The summed E-state index contributed by atoms with van der Waals surface area (Å²) in [5.41, 5.74) is 0.447. The largest absolute Gasteiger partial charge is 0.495 e. The Labute approximate surface area is 198 Å². The monoisotopic (exact) mass is 492 g/mol. The van der Waals surface area contributed by atoms with Crippen LogP contribution in [0.25, 0.3) is 5.65 Å². The van der Waals surface area contributed by atoms with Crippen LogP contribution < -0.4 is 15.0 Å². The predicted octanol–water partition coefficient (Wildman–Crippen LogP) is 2.94. The normalized spacial score (nSPS) is 15.6. The minimum atomic E-state index is -4.68. The number of nitrogens with zero attached hydrogens (tertiary/aromatic N) is 5. The number of ether oxygens (including phenoxy) is 2. The zero-order valence-electron chi connectivity index (χ0n) is 19.0. The van der Waals surface area contributed by atoms with Gasteiger partial charge in [0.1, 0.15) is 11.6 Å². The molecule has 1 amide bonds. The molecule has 3 aromatic rings. The maximum Gasteiger partial charge on any atom is 0.453 e. The summed E-state index contributed by atoms with van der Waals surface area (Å²) in [5.74, 6) is -1.85. The number of anilines is 2. The Morgan fingerprint density at radius 2 is 1.83 bits per heavy atom. The Balaban J connectivity index is 1.33. The third-order valence-electron chi connectivity index (χ3n) is 5.68. The second-order valence-electron chi connectivity index (χ2n) is 8.01. The number of carbonyl (C=O) groups excluding carboxylic acids is 2. The number of esters is 1. The number of benzene rings is 1. The summed E-state index contributed by atoms with van der Waals surface area (Å²) in [5, 5.41) is 13.4. The summed E-state index contributed by atoms with van der Waals surface area (Å²) in [7, 11) is 1.48. The second-order valence-corrected chi connectivity index (χ2v) is 8.01. The number of para-hydroxylation sites is 2. The first-order valence-electron chi connectivity index (χ1n) is 10.9. The Hall–Kier alpha value is -3.90. The fourth-order valence-corrected chi connectivity index (χ4v) is 3.78. The molecule has 1 aliphatic heterocycles. The number of hydrogen-bond donors (Lipinski definition) is 1. The van der Waals surface area contributed by atoms with Gasteiger partial charge in [-0.05, 0) is 44.0 Å². The van der Waals surface area contributed by atoms with Gasteiger partial charge in [0.2, 0.25) is 0 Å². The van der Waals surface area contributed by atoms with Crippen LogP contribution in [0.1, 0.15) is 25.6 Å². The van der Waals surface area contributed by atoms with E-state index in [2.05, 4.69) is 20.6 Å². The standard InChI is InChI=1S/C22H23F3N6O4/c1-13(19(32)26-15-5-3-4-6-16(15)34-2)35-20(33)14-9-11-30(12-10-14)18-8-7-17-27-28-21(22(23,24)25)31(17)29-18/h3-8,13-14H,9-12H2,1-2H3,(H,26,32)/t13-/m1/s1. The number of nitrogens with one attached hydrogen (secondary N) is 1. The van der Waals surface area contributed by atoms with Crippen LogP contribution in [-0.2, 0) is 20.5 Å². The van der Waals surface area contributed by atoms with Gasteiger partial charge in [-0.3, -0.25) is 9.59 Å². The SMILES string of the molecule is COc1ccccc1NC(=O)[C@@H](C)OC(=O)C1CCN(c2ccc3nnc(C(F)(F)F)n3n2)CC1. The highest BCUT2D eigenvalue weighted by molar-refractivity contribution is 5.96. The van der Waals surface area contributed by atoms with E-state index in [1.165, 1.54) is 20.1 Å². The molecule has 13 heteroatoms. The van der Waals surface area contributed by atoms with Gasteiger partial charge in [0.15, 0.2) is 11.8 Å². The fourth-order valence-electron chi connectivity index (χ4n) is 3.78. The molecule has 4 rings (SSSR count). The zero-order valence-corrected chi connectivity index (χ0v) is 19.0. The van der Waals surface area contributed by atoms with Crippen molar-refractivity contribution in [3.63, 3.8) is 0 Å². The van der Waals surface area contributed by atoms with Crippen LogP contribution in [0, 0.1) is 5.92 Å². The van der Waals surface area contributed by atoms with E-state index in [4.69, 9.17) is 9.47 Å². The molecule has 186 valence electrons. The van der Waals surface area contributed by atoms with Crippen molar-refractivity contribution in [2.24, 2.45) is 5.92 Å². The summed E-state index contributed by atoms with van der Waals surface area (Å²) in [4.78, 5) is 26.9. The Bertz CT molecular complexity index is 1220. The molecule has 1 aliphatic rings. The molecule has 0 unspecified atom stereocenters. The van der Waals surface area contributed by atoms with Crippen molar-refractivity contribution < 1.29 is 32.2 Å². The van der Waals surface area contributed by atoms with Gasteiger partial charge in [-0.2, -0.15) is 17.7 Å². The second kappa shape index (κ2) is 9.76. The Morgan fingerprint density at radius 3 is 2.51 bits per heavy atom. The van der Waals surface area contributed by atoms with Crippen molar-refractivity contribution in [2.75, 3.05) is 30.4 Å². The highest BCUT2D eigenvalue weighted by atomic mass is 19.4. The molecule has 1 atom stereocenters. The van der Waals surface area contributed by atoms with Gasteiger partial charge in [-0.15, -0.1) is 15.3 Å². The molecule has 1 aromatic carbocycles. The quantitative estimate of drug-likeness (QED) is 0.523. The van der Waals surface area contributed by atoms with Crippen molar-refractivity contribution in [2.45, 2.75) is 32.0 Å². The van der Waals surface area contributed by atoms with E-state index in [-0.39, 0.29) is 5.65 Å². The topological polar surface area (TPSA) is 111 Å². The molecular formula is C22H23F3N6O4. The van der Waals surface area contributed by atoms with Gasteiger partial charge in [0.25, 0.3) is 11.7 Å². The van der Waals surface area contributed by atoms with Crippen LogP contribution in [0.15, 0.2) is 36.4 Å². The van der Waals surface area contributed by atoms with Gasteiger partial charge in [-0.1, -0.05) is 12.1 Å². The van der Waals surface area contributed by atoms with Gasteiger partial charge in [0.05, 0.1) is 18.7 Å². The third kappa shape index (κ3) is 5.28. The molecule has 0 saturated carbocycles. The molecule has 1 saturated heterocycles. The molecular weight excluding hydrogens is 469 g/mol. The molecule has 0 aliphatic carbocycles. The van der Waals surface area contributed by atoms with Crippen molar-refractivity contribution in [1.82, 2.24) is 19.8 Å². The molecule has 35 heavy (non-hydrogen) atoms. The van der Waals surface area contributed by atoms with Crippen LogP contribution in [0.3, 0.4) is 0 Å². The molecule has 10 nitrogen and oxygen atoms in total. The van der Waals surface area contributed by atoms with Gasteiger partial charge in [0, 0.05) is 13.1 Å². The van der Waals surface area contributed by atoms with Crippen molar-refractivity contribution in [1.29, 1.82) is 0 Å². The van der Waals surface area contributed by atoms with E-state index < -0.39 is 35.9 Å². The first-order valence-corrected chi connectivity index (χ1v) is 10.9. The molecule has 1 N–H and O–H groups in total. The predicted molar refractivity (Wildman–Crippen MR) is 118 cm³/mol. The van der Waals surface area contributed by atoms with E-state index in [0.29, 0.717) is 47.7 Å². The van der Waals surface area contributed by atoms with Crippen LogP contribution in [-0.4, -0.2) is 58.0 Å². The molecule has 0 spiro atoms. The lowest BCUT2D eigenvalue weighted by molar-refractivity contribution is -0.158. The van der Waals surface area contributed by atoms with Gasteiger partial charge < -0.3 is 19.7 Å². The first-order chi connectivity index (χ1) is 16.7. The zero-order chi connectivity index (χ0) is 25.2. The van der Waals surface area contributed by atoms with Crippen LogP contribution in [0.4, 0.5) is 24.7 Å². The Morgan fingerprint density at radius 1 is 1.11 bits per heavy atom. The smallest absolute Gasteiger partial charge is 0.453 e. The number of rotatable bonds is 6. The van der Waals surface area contributed by atoms with Crippen LogP contribution >= 0.6 is 0 Å². The molecule has 3 heterocycles. The van der Waals surface area contributed by atoms with Crippen molar-refractivity contribution >= 4 is 29.0 Å². The lowest BCUT2D eigenvalue weighted by Gasteiger charge is -2.32. The van der Waals surface area contributed by atoms with Crippen molar-refractivity contribution in [3.05, 3.63) is 42.2 Å². The number of amides is 1. The summed E-state index contributed by atoms with van der Waals surface area (Å²) in [6, 6.07) is 9.84. The maximum atomic E-state index is 13.1. The number of fused-ring (bicyclic) bond motifs is 1. The number of halogens is 3. The average molecular weight is 492 g/mol. The van der Waals surface area contributed by atoms with Crippen molar-refractivity contribution in [3.8, 4) is 5.75 Å². The van der Waals surface area contributed by atoms with E-state index in [1.807, 2.05) is 0 Å². The summed E-state index contributed by atoms with van der Waals surface area (Å²) < 4.78 is 50.6. The summed E-state index contributed by atoms with van der Waals surface area (Å²) in [6.07, 6.45) is -4.92. The fraction of sp³-hybridized carbons (Fsp3) is 0.409. The summed E-state index contributed by atoms with van der Waals surface area (Å²) in [6.45, 7) is 2.24. The number of carbonyl (C=O) groups is 2.